The molecule has 2 aliphatic heterocycles. The molecule has 3 nitrogen and oxygen atoms in total. The van der Waals surface area contributed by atoms with Crippen molar-refractivity contribution < 1.29 is 4.74 Å². The Morgan fingerprint density at radius 1 is 0.962 bits per heavy atom. The van der Waals surface area contributed by atoms with Crippen molar-refractivity contribution in [1.29, 1.82) is 0 Å². The summed E-state index contributed by atoms with van der Waals surface area (Å²) in [5.74, 6) is 1.80. The Hall–Kier alpha value is -1.06. The van der Waals surface area contributed by atoms with E-state index in [9.17, 15) is 0 Å². The zero-order chi connectivity index (χ0) is 18.0. The van der Waals surface area contributed by atoms with Crippen molar-refractivity contribution >= 4 is 0 Å². The first-order chi connectivity index (χ1) is 12.6. The molecule has 2 saturated heterocycles. The standard InChI is InChI=1S/C23H36N2O/c1-23(2)20(18-25-12-6-7-13-25)16-19-8-9-21(17-22(19)23)26-15-14-24-10-4-3-5-11-24/h8-9,17,20H,3-7,10-16,18H2,1-2H3. The maximum absolute atomic E-state index is 6.14. The van der Waals surface area contributed by atoms with E-state index in [1.54, 1.807) is 5.56 Å². The van der Waals surface area contributed by atoms with E-state index in [-0.39, 0.29) is 5.41 Å². The van der Waals surface area contributed by atoms with Crippen molar-refractivity contribution in [2.45, 2.75) is 57.8 Å². The molecule has 2 heterocycles. The highest BCUT2D eigenvalue weighted by atomic mass is 16.5. The number of hydrogen-bond donors (Lipinski definition) is 0. The monoisotopic (exact) mass is 356 g/mol. The summed E-state index contributed by atoms with van der Waals surface area (Å²) in [6, 6.07) is 6.87. The van der Waals surface area contributed by atoms with E-state index in [4.69, 9.17) is 4.74 Å². The summed E-state index contributed by atoms with van der Waals surface area (Å²) in [7, 11) is 0. The molecule has 3 aliphatic rings. The van der Waals surface area contributed by atoms with Crippen LogP contribution in [0.15, 0.2) is 18.2 Å². The molecule has 0 radical (unpaired) electrons. The second-order valence-corrected chi connectivity index (χ2v) is 9.20. The minimum atomic E-state index is 0.254. The van der Waals surface area contributed by atoms with Crippen LogP contribution in [0.1, 0.15) is 57.1 Å². The number of nitrogens with zero attached hydrogens (tertiary/aromatic N) is 2. The Bertz CT molecular complexity index is 600. The summed E-state index contributed by atoms with van der Waals surface area (Å²) in [6.45, 7) is 13.1. The van der Waals surface area contributed by atoms with Crippen molar-refractivity contribution in [3.05, 3.63) is 29.3 Å². The minimum Gasteiger partial charge on any atom is -0.492 e. The highest BCUT2D eigenvalue weighted by Gasteiger charge is 2.40. The number of fused-ring (bicyclic) bond motifs is 1. The smallest absolute Gasteiger partial charge is 0.119 e. The van der Waals surface area contributed by atoms with E-state index in [0.29, 0.717) is 0 Å². The van der Waals surface area contributed by atoms with Crippen molar-refractivity contribution in [2.75, 3.05) is 45.9 Å². The molecule has 1 unspecified atom stereocenters. The summed E-state index contributed by atoms with van der Waals surface area (Å²) in [5, 5.41) is 0. The molecule has 0 bridgehead atoms. The molecule has 1 aliphatic carbocycles. The van der Waals surface area contributed by atoms with Crippen LogP contribution in [0.3, 0.4) is 0 Å². The second kappa shape index (κ2) is 7.90. The van der Waals surface area contributed by atoms with Gasteiger partial charge in [0.1, 0.15) is 12.4 Å². The molecular weight excluding hydrogens is 320 g/mol. The van der Waals surface area contributed by atoms with E-state index in [1.165, 1.54) is 76.8 Å². The van der Waals surface area contributed by atoms with Gasteiger partial charge < -0.3 is 9.64 Å². The van der Waals surface area contributed by atoms with Crippen LogP contribution in [0.5, 0.6) is 5.75 Å². The van der Waals surface area contributed by atoms with Gasteiger partial charge in [0.05, 0.1) is 0 Å². The zero-order valence-corrected chi connectivity index (χ0v) is 16.8. The van der Waals surface area contributed by atoms with Crippen LogP contribution in [0.2, 0.25) is 0 Å². The molecule has 0 spiro atoms. The lowest BCUT2D eigenvalue weighted by atomic mass is 9.78. The summed E-state index contributed by atoms with van der Waals surface area (Å²) >= 11 is 0. The molecule has 1 aromatic carbocycles. The van der Waals surface area contributed by atoms with Gasteiger partial charge in [-0.15, -0.1) is 0 Å². The van der Waals surface area contributed by atoms with Crippen LogP contribution in [0.4, 0.5) is 0 Å². The van der Waals surface area contributed by atoms with Crippen LogP contribution in [-0.2, 0) is 11.8 Å². The van der Waals surface area contributed by atoms with Crippen LogP contribution >= 0.6 is 0 Å². The Morgan fingerprint density at radius 3 is 2.42 bits per heavy atom. The summed E-state index contributed by atoms with van der Waals surface area (Å²) < 4.78 is 6.14. The lowest BCUT2D eigenvalue weighted by molar-refractivity contribution is 0.183. The molecule has 4 rings (SSSR count). The Kier molecular flexibility index (Phi) is 5.56. The molecule has 144 valence electrons. The Labute approximate surface area is 159 Å². The topological polar surface area (TPSA) is 15.7 Å². The van der Waals surface area contributed by atoms with Crippen LogP contribution in [0.25, 0.3) is 0 Å². The molecule has 3 heteroatoms. The van der Waals surface area contributed by atoms with Crippen molar-refractivity contribution in [3.8, 4) is 5.75 Å². The Morgan fingerprint density at radius 2 is 1.65 bits per heavy atom. The molecule has 26 heavy (non-hydrogen) atoms. The number of rotatable bonds is 6. The summed E-state index contributed by atoms with van der Waals surface area (Å²) in [4.78, 5) is 5.22. The first-order valence-corrected chi connectivity index (χ1v) is 10.8. The van der Waals surface area contributed by atoms with Crippen molar-refractivity contribution in [3.63, 3.8) is 0 Å². The second-order valence-electron chi connectivity index (χ2n) is 9.20. The average Bonchev–Trinajstić information content (AvgIpc) is 3.24. The van der Waals surface area contributed by atoms with Gasteiger partial charge in [-0.1, -0.05) is 26.3 Å². The fourth-order valence-corrected chi connectivity index (χ4v) is 5.21. The van der Waals surface area contributed by atoms with E-state index in [1.807, 2.05) is 0 Å². The summed E-state index contributed by atoms with van der Waals surface area (Å²) in [6.07, 6.45) is 8.10. The maximum Gasteiger partial charge on any atom is 0.119 e. The number of likely N-dealkylation sites (tertiary alicyclic amines) is 2. The van der Waals surface area contributed by atoms with Gasteiger partial charge in [0, 0.05) is 13.1 Å². The fraction of sp³-hybridized carbons (Fsp3) is 0.739. The lowest BCUT2D eigenvalue weighted by Crippen LogP contribution is -2.35. The third-order valence-corrected chi connectivity index (χ3v) is 7.06. The third-order valence-electron chi connectivity index (χ3n) is 7.06. The van der Waals surface area contributed by atoms with Gasteiger partial charge in [0.15, 0.2) is 0 Å². The normalized spacial score (nSPS) is 26.2. The average molecular weight is 357 g/mol. The van der Waals surface area contributed by atoms with Crippen LogP contribution < -0.4 is 4.74 Å². The van der Waals surface area contributed by atoms with Crippen LogP contribution in [-0.4, -0.2) is 55.7 Å². The third kappa shape index (κ3) is 3.94. The van der Waals surface area contributed by atoms with Crippen molar-refractivity contribution in [2.24, 2.45) is 5.92 Å². The van der Waals surface area contributed by atoms with Gasteiger partial charge in [0.25, 0.3) is 0 Å². The van der Waals surface area contributed by atoms with Gasteiger partial charge in [-0.2, -0.15) is 0 Å². The van der Waals surface area contributed by atoms with Crippen molar-refractivity contribution in [1.82, 2.24) is 9.80 Å². The Balaban J connectivity index is 1.36. The maximum atomic E-state index is 6.14. The van der Waals surface area contributed by atoms with E-state index >= 15 is 0 Å². The van der Waals surface area contributed by atoms with Crippen LogP contribution in [0, 0.1) is 5.92 Å². The van der Waals surface area contributed by atoms with Gasteiger partial charge in [-0.3, -0.25) is 4.90 Å². The molecule has 2 fully saturated rings. The largest absolute Gasteiger partial charge is 0.492 e. The van der Waals surface area contributed by atoms with Gasteiger partial charge in [0.2, 0.25) is 0 Å². The molecule has 1 atom stereocenters. The fourth-order valence-electron chi connectivity index (χ4n) is 5.21. The predicted molar refractivity (Wildman–Crippen MR) is 108 cm³/mol. The first-order valence-electron chi connectivity index (χ1n) is 10.8. The van der Waals surface area contributed by atoms with E-state index in [2.05, 4.69) is 41.8 Å². The lowest BCUT2D eigenvalue weighted by Gasteiger charge is -2.31. The quantitative estimate of drug-likeness (QED) is 0.763. The molecule has 1 aromatic rings. The molecule has 0 amide bonds. The zero-order valence-electron chi connectivity index (χ0n) is 16.8. The van der Waals surface area contributed by atoms with E-state index < -0.39 is 0 Å². The molecular formula is C23H36N2O. The number of ether oxygens (including phenoxy) is 1. The predicted octanol–water partition coefficient (Wildman–Crippen LogP) is 4.10. The van der Waals surface area contributed by atoms with Gasteiger partial charge in [-0.05, 0) is 92.9 Å². The highest BCUT2D eigenvalue weighted by molar-refractivity contribution is 5.44. The number of hydrogen-bond acceptors (Lipinski definition) is 3. The molecule has 0 N–H and O–H groups in total. The summed E-state index contributed by atoms with van der Waals surface area (Å²) in [5.41, 5.74) is 3.32. The minimum absolute atomic E-state index is 0.254. The number of piperidine rings is 1. The molecule has 0 saturated carbocycles. The van der Waals surface area contributed by atoms with Gasteiger partial charge in [-0.25, -0.2) is 0 Å². The molecule has 0 aromatic heterocycles. The van der Waals surface area contributed by atoms with Gasteiger partial charge >= 0.3 is 0 Å². The highest BCUT2D eigenvalue weighted by Crippen LogP contribution is 2.44. The number of benzene rings is 1. The SMILES string of the molecule is CC1(C)c2cc(OCCN3CCCCC3)ccc2CC1CN1CCCC1. The first kappa shape index (κ1) is 18.3. The van der Waals surface area contributed by atoms with E-state index in [0.717, 1.165) is 24.8 Å².